The number of ether oxygens (including phenoxy) is 1. The Morgan fingerprint density at radius 1 is 1.23 bits per heavy atom. The molecule has 3 heterocycles. The van der Waals surface area contributed by atoms with Crippen LogP contribution >= 0.6 is 35.3 Å². The Balaban J connectivity index is 0.00000320. The van der Waals surface area contributed by atoms with Crippen LogP contribution in [0.2, 0.25) is 0 Å². The van der Waals surface area contributed by atoms with Crippen LogP contribution in [0.1, 0.15) is 48.4 Å². The van der Waals surface area contributed by atoms with Crippen molar-refractivity contribution in [3.63, 3.8) is 0 Å². The fraction of sp³-hybridized carbons (Fsp3) is 0.773. The molecule has 2 aliphatic heterocycles. The standard InChI is InChI=1S/C22H39N5OS.HI/c1-18-7-4-5-11-26(18)12-6-10-24-22(23-3)25-17-20(21-9-8-19(2)29-21)27-13-15-28-16-14-27;/h8-9,18,20H,4-7,10-17H2,1-3H3,(H2,23,24,25);1H. The van der Waals surface area contributed by atoms with E-state index in [9.17, 15) is 0 Å². The number of guanidine groups is 1. The van der Waals surface area contributed by atoms with Gasteiger partial charge in [0.15, 0.2) is 5.96 Å². The summed E-state index contributed by atoms with van der Waals surface area (Å²) in [4.78, 5) is 12.4. The van der Waals surface area contributed by atoms with Gasteiger partial charge in [-0.2, -0.15) is 0 Å². The minimum atomic E-state index is 0. The molecule has 2 N–H and O–H groups in total. The van der Waals surface area contributed by atoms with Crippen molar-refractivity contribution in [3.8, 4) is 0 Å². The number of nitrogens with zero attached hydrogens (tertiary/aromatic N) is 3. The zero-order chi connectivity index (χ0) is 20.5. The minimum Gasteiger partial charge on any atom is -0.379 e. The Labute approximate surface area is 203 Å². The molecule has 172 valence electrons. The number of hydrogen-bond donors (Lipinski definition) is 2. The van der Waals surface area contributed by atoms with Crippen LogP contribution in [-0.4, -0.2) is 81.3 Å². The van der Waals surface area contributed by atoms with Crippen molar-refractivity contribution in [3.05, 3.63) is 21.9 Å². The summed E-state index contributed by atoms with van der Waals surface area (Å²) in [5, 5.41) is 7.08. The van der Waals surface area contributed by atoms with E-state index in [1.165, 1.54) is 42.1 Å². The molecule has 30 heavy (non-hydrogen) atoms. The molecular weight excluding hydrogens is 509 g/mol. The van der Waals surface area contributed by atoms with Gasteiger partial charge in [0.25, 0.3) is 0 Å². The average molecular weight is 550 g/mol. The molecule has 2 atom stereocenters. The molecule has 0 bridgehead atoms. The maximum absolute atomic E-state index is 5.56. The van der Waals surface area contributed by atoms with Crippen molar-refractivity contribution >= 4 is 41.3 Å². The molecule has 2 fully saturated rings. The lowest BCUT2D eigenvalue weighted by molar-refractivity contribution is 0.0177. The van der Waals surface area contributed by atoms with Crippen LogP contribution < -0.4 is 10.6 Å². The fourth-order valence-corrected chi connectivity index (χ4v) is 5.34. The third kappa shape index (κ3) is 7.93. The fourth-order valence-electron chi connectivity index (χ4n) is 4.32. The van der Waals surface area contributed by atoms with Crippen molar-refractivity contribution < 1.29 is 4.74 Å². The van der Waals surface area contributed by atoms with Crippen LogP contribution in [0.3, 0.4) is 0 Å². The number of likely N-dealkylation sites (tertiary alicyclic amines) is 1. The normalized spacial score (nSPS) is 22.4. The average Bonchev–Trinajstić information content (AvgIpc) is 3.17. The topological polar surface area (TPSA) is 52.1 Å². The molecule has 2 unspecified atom stereocenters. The molecule has 3 rings (SSSR count). The van der Waals surface area contributed by atoms with Gasteiger partial charge in [0.1, 0.15) is 0 Å². The summed E-state index contributed by atoms with van der Waals surface area (Å²) in [5.74, 6) is 0.906. The number of halogens is 1. The van der Waals surface area contributed by atoms with Crippen molar-refractivity contribution in [1.82, 2.24) is 20.4 Å². The second-order valence-corrected chi connectivity index (χ2v) is 9.55. The zero-order valence-electron chi connectivity index (χ0n) is 18.9. The number of aliphatic imine (C=N–C) groups is 1. The monoisotopic (exact) mass is 549 g/mol. The molecule has 8 heteroatoms. The van der Waals surface area contributed by atoms with E-state index in [1.54, 1.807) is 0 Å². The number of hydrogen-bond acceptors (Lipinski definition) is 5. The predicted molar refractivity (Wildman–Crippen MR) is 138 cm³/mol. The number of aryl methyl sites for hydroxylation is 1. The third-order valence-corrected chi connectivity index (χ3v) is 7.22. The third-order valence-electron chi connectivity index (χ3n) is 6.12. The highest BCUT2D eigenvalue weighted by atomic mass is 127. The van der Waals surface area contributed by atoms with Crippen molar-refractivity contribution in [2.45, 2.75) is 51.6 Å². The lowest BCUT2D eigenvalue weighted by atomic mass is 10.0. The Hall–Kier alpha value is -0.420. The lowest BCUT2D eigenvalue weighted by Gasteiger charge is -2.34. The molecule has 0 aliphatic carbocycles. The number of piperidine rings is 1. The highest BCUT2D eigenvalue weighted by Gasteiger charge is 2.24. The Kier molecular flexibility index (Phi) is 12.0. The molecule has 1 aromatic rings. The van der Waals surface area contributed by atoms with Crippen LogP contribution in [0.25, 0.3) is 0 Å². The van der Waals surface area contributed by atoms with Crippen LogP contribution in [0.4, 0.5) is 0 Å². The summed E-state index contributed by atoms with van der Waals surface area (Å²) in [6, 6.07) is 5.61. The molecule has 0 spiro atoms. The molecule has 0 aromatic carbocycles. The minimum absolute atomic E-state index is 0. The highest BCUT2D eigenvalue weighted by Crippen LogP contribution is 2.27. The van der Waals surface area contributed by atoms with Crippen LogP contribution in [0.15, 0.2) is 17.1 Å². The van der Waals surface area contributed by atoms with Crippen molar-refractivity contribution in [1.29, 1.82) is 0 Å². The Morgan fingerprint density at radius 3 is 2.70 bits per heavy atom. The van der Waals surface area contributed by atoms with Crippen LogP contribution in [-0.2, 0) is 4.74 Å². The van der Waals surface area contributed by atoms with Gasteiger partial charge in [-0.15, -0.1) is 35.3 Å². The molecule has 0 saturated carbocycles. The van der Waals surface area contributed by atoms with Crippen molar-refractivity contribution in [2.75, 3.05) is 59.5 Å². The maximum Gasteiger partial charge on any atom is 0.191 e. The van der Waals surface area contributed by atoms with Crippen LogP contribution in [0, 0.1) is 6.92 Å². The van der Waals surface area contributed by atoms with E-state index in [0.717, 1.165) is 57.8 Å². The van der Waals surface area contributed by atoms with E-state index in [2.05, 4.69) is 51.4 Å². The Morgan fingerprint density at radius 2 is 2.03 bits per heavy atom. The van der Waals surface area contributed by atoms with E-state index >= 15 is 0 Å². The van der Waals surface area contributed by atoms with Gasteiger partial charge in [-0.25, -0.2) is 0 Å². The van der Waals surface area contributed by atoms with E-state index < -0.39 is 0 Å². The van der Waals surface area contributed by atoms with Gasteiger partial charge in [0, 0.05) is 55.6 Å². The van der Waals surface area contributed by atoms with Gasteiger partial charge < -0.3 is 20.3 Å². The largest absolute Gasteiger partial charge is 0.379 e. The van der Waals surface area contributed by atoms with E-state index in [4.69, 9.17) is 4.74 Å². The molecule has 2 aliphatic rings. The highest BCUT2D eigenvalue weighted by molar-refractivity contribution is 14.0. The first kappa shape index (κ1) is 25.8. The predicted octanol–water partition coefficient (Wildman–Crippen LogP) is 3.48. The summed E-state index contributed by atoms with van der Waals surface area (Å²) in [5.41, 5.74) is 0. The first-order valence-corrected chi connectivity index (χ1v) is 12.1. The number of thiophene rings is 1. The number of morpholine rings is 1. The maximum atomic E-state index is 5.56. The molecule has 0 amide bonds. The summed E-state index contributed by atoms with van der Waals surface area (Å²) >= 11 is 1.90. The van der Waals surface area contributed by atoms with Gasteiger partial charge in [0.2, 0.25) is 0 Å². The SMILES string of the molecule is CN=C(NCCCN1CCCCC1C)NCC(c1ccc(C)s1)N1CCOCC1.I. The smallest absolute Gasteiger partial charge is 0.191 e. The number of rotatable bonds is 8. The molecule has 0 radical (unpaired) electrons. The molecule has 2 saturated heterocycles. The molecule has 6 nitrogen and oxygen atoms in total. The van der Waals surface area contributed by atoms with Gasteiger partial charge in [-0.3, -0.25) is 9.89 Å². The Bertz CT molecular complexity index is 635. The van der Waals surface area contributed by atoms with Gasteiger partial charge in [-0.05, 0) is 51.8 Å². The first-order chi connectivity index (χ1) is 14.2. The quantitative estimate of drug-likeness (QED) is 0.225. The zero-order valence-corrected chi connectivity index (χ0v) is 22.0. The number of nitrogens with one attached hydrogen (secondary N) is 2. The second kappa shape index (κ2) is 13.9. The summed E-state index contributed by atoms with van der Waals surface area (Å²) in [6.07, 6.45) is 5.25. The second-order valence-electron chi connectivity index (χ2n) is 8.23. The van der Waals surface area contributed by atoms with Crippen LogP contribution in [0.5, 0.6) is 0 Å². The van der Waals surface area contributed by atoms with E-state index in [1.807, 2.05) is 18.4 Å². The molecule has 1 aromatic heterocycles. The summed E-state index contributed by atoms with van der Waals surface area (Å²) in [7, 11) is 1.86. The van der Waals surface area contributed by atoms with E-state index in [-0.39, 0.29) is 24.0 Å². The van der Waals surface area contributed by atoms with Gasteiger partial charge in [-0.1, -0.05) is 6.42 Å². The first-order valence-electron chi connectivity index (χ1n) is 11.2. The summed E-state index contributed by atoms with van der Waals surface area (Å²) in [6.45, 7) is 12.4. The van der Waals surface area contributed by atoms with Gasteiger partial charge >= 0.3 is 0 Å². The van der Waals surface area contributed by atoms with Gasteiger partial charge in [0.05, 0.1) is 19.3 Å². The van der Waals surface area contributed by atoms with Crippen molar-refractivity contribution in [2.24, 2.45) is 4.99 Å². The van der Waals surface area contributed by atoms with E-state index in [0.29, 0.717) is 6.04 Å². The lowest BCUT2D eigenvalue weighted by Crippen LogP contribution is -2.46. The summed E-state index contributed by atoms with van der Waals surface area (Å²) < 4.78 is 5.56. The molecular formula is C22H40IN5OS.